The molecule has 2 saturated heterocycles. The Hall–Kier alpha value is -1.84. The van der Waals surface area contributed by atoms with Crippen molar-refractivity contribution in [3.05, 3.63) is 30.3 Å². The highest BCUT2D eigenvalue weighted by Crippen LogP contribution is 2.15. The third-order valence-electron chi connectivity index (χ3n) is 5.37. The van der Waals surface area contributed by atoms with E-state index in [0.717, 1.165) is 58.0 Å². The Morgan fingerprint density at radius 3 is 2.59 bits per heavy atom. The van der Waals surface area contributed by atoms with E-state index in [-0.39, 0.29) is 11.9 Å². The van der Waals surface area contributed by atoms with E-state index in [1.165, 1.54) is 5.69 Å². The lowest BCUT2D eigenvalue weighted by Gasteiger charge is -2.37. The molecular formula is C20H33N5O3S. The summed E-state index contributed by atoms with van der Waals surface area (Å²) in [6, 6.07) is 10.4. The number of hydrogen-bond acceptors (Lipinski definition) is 5. The summed E-state index contributed by atoms with van der Waals surface area (Å²) in [7, 11) is -1.60. The first-order chi connectivity index (χ1) is 14.1. The predicted octanol–water partition coefficient (Wildman–Crippen LogP) is 0.873. The lowest BCUT2D eigenvalue weighted by Crippen LogP contribution is -2.53. The van der Waals surface area contributed by atoms with Gasteiger partial charge in [0.2, 0.25) is 10.0 Å². The number of nitrogens with zero attached hydrogens (tertiary/aromatic N) is 3. The van der Waals surface area contributed by atoms with Crippen molar-refractivity contribution >= 4 is 21.7 Å². The number of aliphatic imine (C=N–C) groups is 1. The van der Waals surface area contributed by atoms with Crippen LogP contribution in [0.1, 0.15) is 19.3 Å². The molecule has 2 heterocycles. The average Bonchev–Trinajstić information content (AvgIpc) is 2.77. The average molecular weight is 424 g/mol. The number of anilines is 1. The normalized spacial score (nSPS) is 21.3. The van der Waals surface area contributed by atoms with Crippen LogP contribution in [0.5, 0.6) is 0 Å². The molecule has 0 spiro atoms. The molecule has 2 N–H and O–H groups in total. The van der Waals surface area contributed by atoms with Gasteiger partial charge < -0.3 is 19.9 Å². The van der Waals surface area contributed by atoms with Gasteiger partial charge in [-0.3, -0.25) is 4.99 Å². The molecule has 0 saturated carbocycles. The molecule has 29 heavy (non-hydrogen) atoms. The first kappa shape index (κ1) is 21.9. The summed E-state index contributed by atoms with van der Waals surface area (Å²) < 4.78 is 32.8. The second-order valence-electron chi connectivity index (χ2n) is 7.44. The van der Waals surface area contributed by atoms with Crippen LogP contribution in [0.15, 0.2) is 35.3 Å². The van der Waals surface area contributed by atoms with Crippen LogP contribution >= 0.6 is 0 Å². The minimum atomic E-state index is -3.33. The molecule has 2 fully saturated rings. The van der Waals surface area contributed by atoms with E-state index in [2.05, 4.69) is 49.1 Å². The van der Waals surface area contributed by atoms with E-state index in [1.54, 1.807) is 7.05 Å². The highest BCUT2D eigenvalue weighted by Gasteiger charge is 2.21. The Morgan fingerprint density at radius 2 is 1.93 bits per heavy atom. The maximum atomic E-state index is 12.3. The zero-order valence-electron chi connectivity index (χ0n) is 17.2. The van der Waals surface area contributed by atoms with Crippen LogP contribution in [0.4, 0.5) is 5.69 Å². The summed E-state index contributed by atoms with van der Waals surface area (Å²) in [5, 5.41) is 3.19. The second-order valence-corrected chi connectivity index (χ2v) is 9.37. The van der Waals surface area contributed by atoms with Crippen LogP contribution < -0.4 is 14.9 Å². The molecule has 2 aliphatic heterocycles. The Labute approximate surface area is 174 Å². The number of benzene rings is 1. The first-order valence-electron chi connectivity index (χ1n) is 10.4. The van der Waals surface area contributed by atoms with Crippen LogP contribution in [0.2, 0.25) is 0 Å². The monoisotopic (exact) mass is 423 g/mol. The minimum absolute atomic E-state index is 0.000148. The molecule has 1 aromatic carbocycles. The van der Waals surface area contributed by atoms with Crippen molar-refractivity contribution in [3.63, 3.8) is 0 Å². The van der Waals surface area contributed by atoms with Crippen molar-refractivity contribution in [3.8, 4) is 0 Å². The Morgan fingerprint density at radius 1 is 1.17 bits per heavy atom. The van der Waals surface area contributed by atoms with Gasteiger partial charge in [-0.15, -0.1) is 0 Å². The first-order valence-corrected chi connectivity index (χ1v) is 12.1. The fourth-order valence-corrected chi connectivity index (χ4v) is 4.66. The SMILES string of the molecule is CN=C(NCCS(=O)(=O)NCC1CCCCO1)N1CCN(c2ccccc2)CC1. The van der Waals surface area contributed by atoms with E-state index in [4.69, 9.17) is 4.74 Å². The van der Waals surface area contributed by atoms with Gasteiger partial charge >= 0.3 is 0 Å². The van der Waals surface area contributed by atoms with Gasteiger partial charge in [0, 0.05) is 58.6 Å². The highest BCUT2D eigenvalue weighted by atomic mass is 32.2. The van der Waals surface area contributed by atoms with Crippen LogP contribution in [0.3, 0.4) is 0 Å². The molecule has 1 unspecified atom stereocenters. The van der Waals surface area contributed by atoms with Gasteiger partial charge in [0.05, 0.1) is 11.9 Å². The summed E-state index contributed by atoms with van der Waals surface area (Å²) >= 11 is 0. The fraction of sp³-hybridized carbons (Fsp3) is 0.650. The third-order valence-corrected chi connectivity index (χ3v) is 6.72. The van der Waals surface area contributed by atoms with Crippen molar-refractivity contribution in [2.75, 3.05) is 63.6 Å². The second kappa shape index (κ2) is 10.8. The van der Waals surface area contributed by atoms with Crippen molar-refractivity contribution < 1.29 is 13.2 Å². The van der Waals surface area contributed by atoms with Crippen LogP contribution in [-0.2, 0) is 14.8 Å². The minimum Gasteiger partial charge on any atom is -0.377 e. The lowest BCUT2D eigenvalue weighted by molar-refractivity contribution is 0.0200. The summed E-state index contributed by atoms with van der Waals surface area (Å²) in [5.41, 5.74) is 1.23. The van der Waals surface area contributed by atoms with Gasteiger partial charge in [-0.05, 0) is 31.4 Å². The van der Waals surface area contributed by atoms with E-state index in [0.29, 0.717) is 13.1 Å². The number of hydrogen-bond donors (Lipinski definition) is 2. The number of ether oxygens (including phenoxy) is 1. The fourth-order valence-electron chi connectivity index (χ4n) is 3.71. The summed E-state index contributed by atoms with van der Waals surface area (Å²) in [4.78, 5) is 8.85. The molecule has 1 atom stereocenters. The van der Waals surface area contributed by atoms with Gasteiger partial charge in [-0.2, -0.15) is 0 Å². The van der Waals surface area contributed by atoms with Gasteiger partial charge in [0.15, 0.2) is 5.96 Å². The molecule has 162 valence electrons. The highest BCUT2D eigenvalue weighted by molar-refractivity contribution is 7.89. The molecule has 9 heteroatoms. The van der Waals surface area contributed by atoms with Gasteiger partial charge in [-0.1, -0.05) is 18.2 Å². The third kappa shape index (κ3) is 6.87. The zero-order chi connectivity index (χ0) is 20.5. The van der Waals surface area contributed by atoms with Crippen LogP contribution in [-0.4, -0.2) is 84.1 Å². The largest absolute Gasteiger partial charge is 0.377 e. The standard InChI is InChI=1S/C20H33N5O3S/c1-21-20(25-13-11-24(12-14-25)18-7-3-2-4-8-18)22-10-16-29(26,27)23-17-19-9-5-6-15-28-19/h2-4,7-8,19,23H,5-6,9-17H2,1H3,(H,21,22). The number of guanidine groups is 1. The van der Waals surface area contributed by atoms with Crippen molar-refractivity contribution in [2.24, 2.45) is 4.99 Å². The van der Waals surface area contributed by atoms with Crippen molar-refractivity contribution in [2.45, 2.75) is 25.4 Å². The number of rotatable bonds is 7. The summed E-state index contributed by atoms with van der Waals surface area (Å²) in [5.74, 6) is 0.770. The van der Waals surface area contributed by atoms with Crippen LogP contribution in [0.25, 0.3) is 0 Å². The summed E-state index contributed by atoms with van der Waals surface area (Å²) in [6.07, 6.45) is 3.08. The number of sulfonamides is 1. The summed E-state index contributed by atoms with van der Waals surface area (Å²) in [6.45, 7) is 4.92. The van der Waals surface area contributed by atoms with E-state index < -0.39 is 10.0 Å². The van der Waals surface area contributed by atoms with E-state index in [1.807, 2.05) is 6.07 Å². The molecular weight excluding hydrogens is 390 g/mol. The quantitative estimate of drug-likeness (QED) is 0.500. The van der Waals surface area contributed by atoms with Gasteiger partial charge in [-0.25, -0.2) is 13.1 Å². The molecule has 1 aromatic rings. The maximum absolute atomic E-state index is 12.3. The molecule has 0 aromatic heterocycles. The molecule has 0 aliphatic carbocycles. The molecule has 0 amide bonds. The predicted molar refractivity (Wildman–Crippen MR) is 117 cm³/mol. The van der Waals surface area contributed by atoms with E-state index >= 15 is 0 Å². The topological polar surface area (TPSA) is 86.3 Å². The Kier molecular flexibility index (Phi) is 8.14. The molecule has 8 nitrogen and oxygen atoms in total. The smallest absolute Gasteiger partial charge is 0.213 e. The molecule has 0 radical (unpaired) electrons. The number of para-hydroxylation sites is 1. The molecule has 3 rings (SSSR count). The lowest BCUT2D eigenvalue weighted by atomic mass is 10.1. The van der Waals surface area contributed by atoms with Gasteiger partial charge in [0.1, 0.15) is 0 Å². The zero-order valence-corrected chi connectivity index (χ0v) is 18.0. The van der Waals surface area contributed by atoms with Crippen LogP contribution in [0, 0.1) is 0 Å². The van der Waals surface area contributed by atoms with Crippen molar-refractivity contribution in [1.29, 1.82) is 0 Å². The molecule has 2 aliphatic rings. The Bertz CT molecular complexity index is 743. The Balaban J connectivity index is 1.39. The van der Waals surface area contributed by atoms with Crippen molar-refractivity contribution in [1.82, 2.24) is 14.9 Å². The van der Waals surface area contributed by atoms with Gasteiger partial charge in [0.25, 0.3) is 0 Å². The maximum Gasteiger partial charge on any atom is 0.213 e. The number of nitrogens with one attached hydrogen (secondary N) is 2. The number of piperazine rings is 1. The molecule has 0 bridgehead atoms. The van der Waals surface area contributed by atoms with E-state index in [9.17, 15) is 8.42 Å².